The summed E-state index contributed by atoms with van der Waals surface area (Å²) in [6.45, 7) is 1.14. The van der Waals surface area contributed by atoms with Crippen LogP contribution in [0.1, 0.15) is 18.5 Å². The van der Waals surface area contributed by atoms with E-state index < -0.39 is 23.7 Å². The Morgan fingerprint density at radius 3 is 2.56 bits per heavy atom. The second kappa shape index (κ2) is 4.94. The molecule has 2 N–H and O–H groups in total. The summed E-state index contributed by atoms with van der Waals surface area (Å²) in [7, 11) is 0. The molecule has 86 valence electrons. The molecule has 1 aromatic rings. The third kappa shape index (κ3) is 2.70. The van der Waals surface area contributed by atoms with Crippen LogP contribution in [0.15, 0.2) is 18.2 Å². The third-order valence-corrected chi connectivity index (χ3v) is 2.21. The number of aliphatic carboxylic acids is 1. The predicted octanol–water partition coefficient (Wildman–Crippen LogP) is 1.74. The molecule has 0 bridgehead atoms. The van der Waals surface area contributed by atoms with E-state index in [1.165, 1.54) is 12.1 Å². The normalized spacial score (nSPS) is 11.9. The molecule has 4 nitrogen and oxygen atoms in total. The van der Waals surface area contributed by atoms with Crippen LogP contribution in [0.3, 0.4) is 0 Å². The second-order valence-electron chi connectivity index (χ2n) is 3.11. The fourth-order valence-corrected chi connectivity index (χ4v) is 1.52. The summed E-state index contributed by atoms with van der Waals surface area (Å²) in [4.78, 5) is 21.7. The second-order valence-corrected chi connectivity index (χ2v) is 3.51. The first-order chi connectivity index (χ1) is 7.43. The number of amides is 1. The molecule has 6 heteroatoms. The SMILES string of the molecule is CC(=O)NC(C(=O)O)c1c(F)cccc1Cl. The number of halogens is 2. The maximum Gasteiger partial charge on any atom is 0.331 e. The first-order valence-corrected chi connectivity index (χ1v) is 4.75. The van der Waals surface area contributed by atoms with Crippen LogP contribution >= 0.6 is 11.6 Å². The van der Waals surface area contributed by atoms with Gasteiger partial charge in [-0.15, -0.1) is 0 Å². The van der Waals surface area contributed by atoms with Gasteiger partial charge in [0.15, 0.2) is 6.04 Å². The van der Waals surface area contributed by atoms with Crippen molar-refractivity contribution in [3.63, 3.8) is 0 Å². The number of benzene rings is 1. The number of nitrogens with one attached hydrogen (secondary N) is 1. The van der Waals surface area contributed by atoms with E-state index in [1.807, 2.05) is 0 Å². The van der Waals surface area contributed by atoms with Crippen molar-refractivity contribution in [2.75, 3.05) is 0 Å². The van der Waals surface area contributed by atoms with Crippen LogP contribution in [-0.2, 0) is 9.59 Å². The molecule has 0 aromatic heterocycles. The molecule has 1 atom stereocenters. The van der Waals surface area contributed by atoms with Gasteiger partial charge < -0.3 is 10.4 Å². The molecule has 0 spiro atoms. The molecule has 1 rings (SSSR count). The highest BCUT2D eigenvalue weighted by atomic mass is 35.5. The standard InChI is InChI=1S/C10H9ClFNO3/c1-5(14)13-9(10(15)16)8-6(11)3-2-4-7(8)12/h2-4,9H,1H3,(H,13,14)(H,15,16). The fourth-order valence-electron chi connectivity index (χ4n) is 1.25. The summed E-state index contributed by atoms with van der Waals surface area (Å²) in [6.07, 6.45) is 0. The minimum atomic E-state index is -1.48. The van der Waals surface area contributed by atoms with Gasteiger partial charge in [0.05, 0.1) is 0 Å². The van der Waals surface area contributed by atoms with Crippen LogP contribution in [0.25, 0.3) is 0 Å². The smallest absolute Gasteiger partial charge is 0.331 e. The largest absolute Gasteiger partial charge is 0.479 e. The zero-order valence-corrected chi connectivity index (χ0v) is 9.08. The molecule has 0 heterocycles. The maximum absolute atomic E-state index is 13.4. The molecule has 0 aliphatic carbocycles. The van der Waals surface area contributed by atoms with Crippen molar-refractivity contribution in [2.24, 2.45) is 0 Å². The molecule has 0 aliphatic rings. The van der Waals surface area contributed by atoms with Crippen LogP contribution in [-0.4, -0.2) is 17.0 Å². The minimum Gasteiger partial charge on any atom is -0.479 e. The lowest BCUT2D eigenvalue weighted by atomic mass is 10.1. The van der Waals surface area contributed by atoms with E-state index in [9.17, 15) is 14.0 Å². The summed E-state index contributed by atoms with van der Waals surface area (Å²) < 4.78 is 13.4. The Kier molecular flexibility index (Phi) is 3.84. The van der Waals surface area contributed by atoms with Gasteiger partial charge in [-0.3, -0.25) is 4.79 Å². The Morgan fingerprint density at radius 2 is 2.12 bits per heavy atom. The molecule has 1 unspecified atom stereocenters. The van der Waals surface area contributed by atoms with Gasteiger partial charge in [0, 0.05) is 17.5 Å². The molecule has 0 saturated carbocycles. The number of rotatable bonds is 3. The summed E-state index contributed by atoms with van der Waals surface area (Å²) in [5, 5.41) is 11.0. The van der Waals surface area contributed by atoms with E-state index in [2.05, 4.69) is 5.32 Å². The van der Waals surface area contributed by atoms with Crippen molar-refractivity contribution in [1.82, 2.24) is 5.32 Å². The molecular weight excluding hydrogens is 237 g/mol. The zero-order valence-electron chi connectivity index (χ0n) is 8.33. The lowest BCUT2D eigenvalue weighted by Crippen LogP contribution is -2.32. The lowest BCUT2D eigenvalue weighted by molar-refractivity contribution is -0.141. The van der Waals surface area contributed by atoms with Crippen LogP contribution in [0.5, 0.6) is 0 Å². The Labute approximate surface area is 96.0 Å². The van der Waals surface area contributed by atoms with Gasteiger partial charge in [-0.05, 0) is 12.1 Å². The van der Waals surface area contributed by atoms with Gasteiger partial charge in [0.1, 0.15) is 5.82 Å². The van der Waals surface area contributed by atoms with Gasteiger partial charge in [-0.1, -0.05) is 17.7 Å². The Bertz CT molecular complexity index is 416. The average Bonchev–Trinajstić information content (AvgIpc) is 2.15. The molecule has 16 heavy (non-hydrogen) atoms. The Hall–Kier alpha value is -1.62. The first-order valence-electron chi connectivity index (χ1n) is 4.37. The highest BCUT2D eigenvalue weighted by molar-refractivity contribution is 6.31. The highest BCUT2D eigenvalue weighted by Crippen LogP contribution is 2.26. The monoisotopic (exact) mass is 245 g/mol. The van der Waals surface area contributed by atoms with Crippen molar-refractivity contribution in [1.29, 1.82) is 0 Å². The molecule has 0 fully saturated rings. The number of carboxylic acids is 1. The predicted molar refractivity (Wildman–Crippen MR) is 55.6 cm³/mol. The molecule has 0 aliphatic heterocycles. The highest BCUT2D eigenvalue weighted by Gasteiger charge is 2.26. The van der Waals surface area contributed by atoms with Crippen LogP contribution < -0.4 is 5.32 Å². The topological polar surface area (TPSA) is 66.4 Å². The van der Waals surface area contributed by atoms with Gasteiger partial charge in [0.2, 0.25) is 5.91 Å². The average molecular weight is 246 g/mol. The van der Waals surface area contributed by atoms with E-state index in [0.717, 1.165) is 13.0 Å². The third-order valence-electron chi connectivity index (χ3n) is 1.88. The Morgan fingerprint density at radius 1 is 1.50 bits per heavy atom. The van der Waals surface area contributed by atoms with Gasteiger partial charge in [0.25, 0.3) is 0 Å². The van der Waals surface area contributed by atoms with Crippen molar-refractivity contribution in [3.05, 3.63) is 34.6 Å². The zero-order chi connectivity index (χ0) is 12.3. The van der Waals surface area contributed by atoms with Gasteiger partial charge in [-0.2, -0.15) is 0 Å². The molecule has 1 aromatic carbocycles. The summed E-state index contributed by atoms with van der Waals surface area (Å²) in [6, 6.07) is 2.32. The quantitative estimate of drug-likeness (QED) is 0.852. The molecule has 1 amide bonds. The van der Waals surface area contributed by atoms with E-state index in [1.54, 1.807) is 0 Å². The summed E-state index contributed by atoms with van der Waals surface area (Å²) in [5.41, 5.74) is -0.244. The van der Waals surface area contributed by atoms with Crippen LogP contribution in [0, 0.1) is 5.82 Å². The number of carbonyl (C=O) groups excluding carboxylic acids is 1. The van der Waals surface area contributed by atoms with E-state index in [0.29, 0.717) is 0 Å². The molecular formula is C10H9ClFNO3. The molecule has 0 radical (unpaired) electrons. The van der Waals surface area contributed by atoms with E-state index >= 15 is 0 Å². The first kappa shape index (κ1) is 12.4. The van der Waals surface area contributed by atoms with Crippen molar-refractivity contribution < 1.29 is 19.1 Å². The van der Waals surface area contributed by atoms with Crippen LogP contribution in [0.4, 0.5) is 4.39 Å². The number of hydrogen-bond acceptors (Lipinski definition) is 2. The Balaban J connectivity index is 3.20. The lowest BCUT2D eigenvalue weighted by Gasteiger charge is -2.15. The van der Waals surface area contributed by atoms with E-state index in [-0.39, 0.29) is 10.6 Å². The van der Waals surface area contributed by atoms with Crippen molar-refractivity contribution in [2.45, 2.75) is 13.0 Å². The minimum absolute atomic E-state index is 0.0406. The summed E-state index contributed by atoms with van der Waals surface area (Å²) >= 11 is 5.70. The number of hydrogen-bond donors (Lipinski definition) is 2. The van der Waals surface area contributed by atoms with Gasteiger partial charge in [-0.25, -0.2) is 9.18 Å². The molecule has 0 saturated heterocycles. The maximum atomic E-state index is 13.4. The van der Waals surface area contributed by atoms with Gasteiger partial charge >= 0.3 is 5.97 Å². The van der Waals surface area contributed by atoms with Crippen molar-refractivity contribution in [3.8, 4) is 0 Å². The van der Waals surface area contributed by atoms with Crippen LogP contribution in [0.2, 0.25) is 5.02 Å². The van der Waals surface area contributed by atoms with E-state index in [4.69, 9.17) is 16.7 Å². The van der Waals surface area contributed by atoms with Crippen molar-refractivity contribution >= 4 is 23.5 Å². The summed E-state index contributed by atoms with van der Waals surface area (Å²) in [5.74, 6) is -2.72. The number of carbonyl (C=O) groups is 2. The number of carboxylic acid groups (broad SMARTS) is 1. The fraction of sp³-hybridized carbons (Fsp3) is 0.200.